The number of nitrogens with two attached hydrogens (primary N) is 1. The highest BCUT2D eigenvalue weighted by Gasteiger charge is 2.09. The van der Waals surface area contributed by atoms with Crippen molar-refractivity contribution < 1.29 is 9.63 Å². The number of oxime groups is 1. The standard InChI is InChI=1S/C5H8N2O2S/c6-5(8)9-7-4-2-1-3-10-4/h1-3H2,(H2,6,8)/b7-4-. The van der Waals surface area contributed by atoms with Crippen molar-refractivity contribution in [1.82, 2.24) is 0 Å². The number of carbonyl (C=O) groups excluding carboxylic acids is 1. The lowest BCUT2D eigenvalue weighted by molar-refractivity contribution is 0.162. The number of hydrogen-bond acceptors (Lipinski definition) is 4. The van der Waals surface area contributed by atoms with Crippen LogP contribution >= 0.6 is 11.8 Å². The summed E-state index contributed by atoms with van der Waals surface area (Å²) in [7, 11) is 0. The summed E-state index contributed by atoms with van der Waals surface area (Å²) in [6.07, 6.45) is 1.16. The molecule has 1 aliphatic rings. The predicted octanol–water partition coefficient (Wildman–Crippen LogP) is 0.922. The average molecular weight is 160 g/mol. The number of amides is 1. The predicted molar refractivity (Wildman–Crippen MR) is 39.8 cm³/mol. The summed E-state index contributed by atoms with van der Waals surface area (Å²) < 4.78 is 0. The second kappa shape index (κ2) is 3.46. The smallest absolute Gasteiger partial charge is 0.333 e. The van der Waals surface area contributed by atoms with Crippen molar-refractivity contribution in [3.63, 3.8) is 0 Å². The largest absolute Gasteiger partial charge is 0.430 e. The Morgan fingerprint density at radius 3 is 3.10 bits per heavy atom. The van der Waals surface area contributed by atoms with Crippen LogP contribution in [0, 0.1) is 0 Å². The summed E-state index contributed by atoms with van der Waals surface area (Å²) in [4.78, 5) is 14.3. The molecule has 0 atom stereocenters. The number of hydrogen-bond donors (Lipinski definition) is 1. The van der Waals surface area contributed by atoms with Crippen LogP contribution in [0.5, 0.6) is 0 Å². The first-order valence-corrected chi connectivity index (χ1v) is 3.94. The molecule has 0 radical (unpaired) electrons. The Balaban J connectivity index is 2.31. The quantitative estimate of drug-likeness (QED) is 0.458. The third-order valence-electron chi connectivity index (χ3n) is 1.04. The van der Waals surface area contributed by atoms with Crippen LogP contribution in [0.2, 0.25) is 0 Å². The van der Waals surface area contributed by atoms with Crippen LogP contribution in [0.3, 0.4) is 0 Å². The van der Waals surface area contributed by atoms with Crippen molar-refractivity contribution in [1.29, 1.82) is 0 Å². The van der Waals surface area contributed by atoms with Gasteiger partial charge in [0.05, 0.1) is 0 Å². The van der Waals surface area contributed by atoms with Crippen LogP contribution in [0.15, 0.2) is 5.16 Å². The summed E-state index contributed by atoms with van der Waals surface area (Å²) >= 11 is 1.60. The number of nitrogens with zero attached hydrogens (tertiary/aromatic N) is 1. The van der Waals surface area contributed by atoms with Gasteiger partial charge in [-0.1, -0.05) is 5.16 Å². The second-order valence-corrected chi connectivity index (χ2v) is 3.02. The van der Waals surface area contributed by atoms with Gasteiger partial charge in [0, 0.05) is 0 Å². The van der Waals surface area contributed by atoms with E-state index in [0.29, 0.717) is 0 Å². The summed E-state index contributed by atoms with van der Waals surface area (Å²) in [5.74, 6) is 1.06. The fraction of sp³-hybridized carbons (Fsp3) is 0.600. The zero-order chi connectivity index (χ0) is 7.40. The van der Waals surface area contributed by atoms with E-state index in [9.17, 15) is 4.79 Å². The molecule has 1 amide bonds. The van der Waals surface area contributed by atoms with Crippen LogP contribution in [-0.4, -0.2) is 16.9 Å². The van der Waals surface area contributed by atoms with Crippen LogP contribution in [-0.2, 0) is 4.84 Å². The molecule has 0 unspecified atom stereocenters. The lowest BCUT2D eigenvalue weighted by Crippen LogP contribution is -2.09. The normalized spacial score (nSPS) is 21.4. The summed E-state index contributed by atoms with van der Waals surface area (Å²) in [5.41, 5.74) is 4.69. The number of carbonyl (C=O) groups is 1. The van der Waals surface area contributed by atoms with Crippen molar-refractivity contribution in [2.45, 2.75) is 12.8 Å². The van der Waals surface area contributed by atoms with Gasteiger partial charge in [-0.05, 0) is 18.6 Å². The Morgan fingerprint density at radius 1 is 1.80 bits per heavy atom. The fourth-order valence-electron chi connectivity index (χ4n) is 0.653. The Kier molecular flexibility index (Phi) is 2.56. The number of rotatable bonds is 1. The van der Waals surface area contributed by atoms with Crippen LogP contribution < -0.4 is 5.73 Å². The topological polar surface area (TPSA) is 64.7 Å². The summed E-state index contributed by atoms with van der Waals surface area (Å²) in [6, 6.07) is 0. The summed E-state index contributed by atoms with van der Waals surface area (Å²) in [5, 5.41) is 4.39. The third kappa shape index (κ3) is 2.26. The molecule has 56 valence electrons. The molecule has 1 fully saturated rings. The van der Waals surface area contributed by atoms with Gasteiger partial charge in [0.25, 0.3) is 0 Å². The minimum absolute atomic E-state index is 0.847. The van der Waals surface area contributed by atoms with E-state index < -0.39 is 6.09 Å². The maximum Gasteiger partial charge on any atom is 0.430 e. The van der Waals surface area contributed by atoms with E-state index in [-0.39, 0.29) is 0 Å². The van der Waals surface area contributed by atoms with Crippen molar-refractivity contribution in [3.05, 3.63) is 0 Å². The molecule has 2 N–H and O–H groups in total. The average Bonchev–Trinajstić information content (AvgIpc) is 2.34. The Hall–Kier alpha value is -0.710. The minimum atomic E-state index is -0.847. The first-order valence-electron chi connectivity index (χ1n) is 2.95. The van der Waals surface area contributed by atoms with E-state index in [1.54, 1.807) is 11.8 Å². The maximum atomic E-state index is 10.0. The lowest BCUT2D eigenvalue weighted by Gasteiger charge is -1.91. The maximum absolute atomic E-state index is 10.0. The van der Waals surface area contributed by atoms with Gasteiger partial charge in [-0.25, -0.2) is 4.79 Å². The second-order valence-electron chi connectivity index (χ2n) is 1.85. The number of primary amides is 1. The Labute approximate surface area is 62.8 Å². The van der Waals surface area contributed by atoms with Gasteiger partial charge in [-0.2, -0.15) is 0 Å². The molecule has 0 saturated carbocycles. The van der Waals surface area contributed by atoms with E-state index in [4.69, 9.17) is 5.73 Å². The van der Waals surface area contributed by atoms with Crippen molar-refractivity contribution in [3.8, 4) is 0 Å². The van der Waals surface area contributed by atoms with Crippen LogP contribution in [0.1, 0.15) is 12.8 Å². The highest BCUT2D eigenvalue weighted by Crippen LogP contribution is 2.20. The van der Waals surface area contributed by atoms with E-state index >= 15 is 0 Å². The summed E-state index contributed by atoms with van der Waals surface area (Å²) in [6.45, 7) is 0. The minimum Gasteiger partial charge on any atom is -0.333 e. The van der Waals surface area contributed by atoms with Crippen LogP contribution in [0.4, 0.5) is 4.79 Å². The third-order valence-corrected chi connectivity index (χ3v) is 2.15. The van der Waals surface area contributed by atoms with Crippen molar-refractivity contribution in [2.24, 2.45) is 10.9 Å². The first-order chi connectivity index (χ1) is 4.79. The van der Waals surface area contributed by atoms with Gasteiger partial charge < -0.3 is 5.73 Å². The lowest BCUT2D eigenvalue weighted by atomic mass is 10.4. The van der Waals surface area contributed by atoms with E-state index in [1.807, 2.05) is 0 Å². The van der Waals surface area contributed by atoms with Crippen molar-refractivity contribution >= 4 is 22.9 Å². The molecular formula is C5H8N2O2S. The molecule has 1 heterocycles. The highest BCUT2D eigenvalue weighted by atomic mass is 32.2. The molecule has 1 aliphatic heterocycles. The molecule has 4 nitrogen and oxygen atoms in total. The van der Waals surface area contributed by atoms with Gasteiger partial charge in [0.1, 0.15) is 5.04 Å². The Bertz CT molecular complexity index is 161. The molecule has 0 spiro atoms. The zero-order valence-electron chi connectivity index (χ0n) is 5.37. The van der Waals surface area contributed by atoms with E-state index in [1.165, 1.54) is 0 Å². The molecule has 0 bridgehead atoms. The van der Waals surface area contributed by atoms with Crippen molar-refractivity contribution in [2.75, 3.05) is 5.75 Å². The highest BCUT2D eigenvalue weighted by molar-refractivity contribution is 8.14. The van der Waals surface area contributed by atoms with E-state index in [2.05, 4.69) is 9.99 Å². The van der Waals surface area contributed by atoms with Gasteiger partial charge in [-0.15, -0.1) is 11.8 Å². The van der Waals surface area contributed by atoms with E-state index in [0.717, 1.165) is 23.6 Å². The monoisotopic (exact) mass is 160 g/mol. The molecule has 1 rings (SSSR count). The molecule has 0 aromatic rings. The van der Waals surface area contributed by atoms with Crippen LogP contribution in [0.25, 0.3) is 0 Å². The molecular weight excluding hydrogens is 152 g/mol. The molecule has 10 heavy (non-hydrogen) atoms. The molecule has 5 heteroatoms. The SMILES string of the molecule is NC(=O)O/N=C1/CCCS1. The molecule has 1 saturated heterocycles. The van der Waals surface area contributed by atoms with Gasteiger partial charge in [0.2, 0.25) is 0 Å². The number of thioether (sulfide) groups is 1. The zero-order valence-corrected chi connectivity index (χ0v) is 6.19. The Morgan fingerprint density at radius 2 is 2.60 bits per heavy atom. The molecule has 0 aliphatic carbocycles. The fourth-order valence-corrected chi connectivity index (χ4v) is 1.56. The molecule has 0 aromatic heterocycles. The van der Waals surface area contributed by atoms with Gasteiger partial charge >= 0.3 is 6.09 Å². The molecule has 0 aromatic carbocycles. The van der Waals surface area contributed by atoms with Gasteiger partial charge in [-0.3, -0.25) is 4.84 Å². The van der Waals surface area contributed by atoms with Gasteiger partial charge in [0.15, 0.2) is 0 Å². The first kappa shape index (κ1) is 7.40.